The Hall–Kier alpha value is -3.01. The second-order valence-electron chi connectivity index (χ2n) is 26.6. The molecule has 0 heterocycles. The molecule has 87 heavy (non-hydrogen) atoms. The summed E-state index contributed by atoms with van der Waals surface area (Å²) in [6.45, 7) is 4.83. The minimum atomic E-state index is -1.51. The van der Waals surface area contributed by atoms with Gasteiger partial charge in [0.25, 0.3) is 6.29 Å². The van der Waals surface area contributed by atoms with Gasteiger partial charge in [-0.2, -0.15) is 0 Å². The van der Waals surface area contributed by atoms with E-state index in [1.54, 1.807) is 0 Å². The largest absolute Gasteiger partial charge is 0.477 e. The first-order valence-electron chi connectivity index (χ1n) is 37.5. The van der Waals surface area contributed by atoms with E-state index < -0.39 is 18.4 Å². The van der Waals surface area contributed by atoms with Crippen LogP contribution in [0, 0.1) is 0 Å². The first-order chi connectivity index (χ1) is 42.6. The molecule has 9 nitrogen and oxygen atoms in total. The number of hydrogen-bond acceptors (Lipinski definition) is 7. The van der Waals surface area contributed by atoms with Gasteiger partial charge >= 0.3 is 17.9 Å². The number of rotatable bonds is 70. The number of carbonyl (C=O) groups excluding carboxylic acids is 2. The molecule has 0 aliphatic rings. The monoisotopic (exact) mass is 1220 g/mol. The molecule has 0 saturated carbocycles. The molecular formula is C78H144NO8+. The van der Waals surface area contributed by atoms with E-state index in [0.717, 1.165) is 70.6 Å². The van der Waals surface area contributed by atoms with E-state index >= 15 is 0 Å². The summed E-state index contributed by atoms with van der Waals surface area (Å²) in [6, 6.07) is 0. The Morgan fingerprint density at radius 2 is 0.655 bits per heavy atom. The van der Waals surface area contributed by atoms with Gasteiger partial charge in [-0.1, -0.05) is 351 Å². The zero-order chi connectivity index (χ0) is 63.3. The van der Waals surface area contributed by atoms with E-state index in [0.29, 0.717) is 17.4 Å². The van der Waals surface area contributed by atoms with Crippen molar-refractivity contribution in [3.63, 3.8) is 0 Å². The summed E-state index contributed by atoms with van der Waals surface area (Å²) < 4.78 is 23.0. The van der Waals surface area contributed by atoms with Crippen LogP contribution in [-0.4, -0.2) is 87.4 Å². The Labute approximate surface area is 539 Å². The van der Waals surface area contributed by atoms with Crippen LogP contribution in [0.4, 0.5) is 0 Å². The van der Waals surface area contributed by atoms with Gasteiger partial charge in [0, 0.05) is 12.8 Å². The molecule has 9 heteroatoms. The Balaban J connectivity index is 4.00. The average Bonchev–Trinajstić information content (AvgIpc) is 3.57. The van der Waals surface area contributed by atoms with Gasteiger partial charge in [0.1, 0.15) is 13.2 Å². The average molecular weight is 1220 g/mol. The highest BCUT2D eigenvalue weighted by molar-refractivity contribution is 5.71. The quantitative estimate of drug-likeness (QED) is 0.0211. The van der Waals surface area contributed by atoms with Gasteiger partial charge in [-0.15, -0.1) is 0 Å². The van der Waals surface area contributed by atoms with Crippen LogP contribution >= 0.6 is 0 Å². The molecule has 0 fully saturated rings. The van der Waals surface area contributed by atoms with Gasteiger partial charge in [0.2, 0.25) is 0 Å². The molecule has 0 saturated heterocycles. The molecule has 0 rings (SSSR count). The summed E-state index contributed by atoms with van der Waals surface area (Å²) in [6.07, 6.45) is 87.9. The SMILES string of the molecule is CC/C=C\C/C=C\C/C=C\C/C=C\C/C=C\CCCCCCCCCCCCCCCCCCCCCCCC(=O)OC(COC(=O)CCCCCCCCCCCCCCCCCCCCCCCCCCC)COC(OCC[N+](C)(C)C)C(=O)O. The van der Waals surface area contributed by atoms with E-state index in [9.17, 15) is 19.5 Å². The van der Waals surface area contributed by atoms with Crippen molar-refractivity contribution in [2.24, 2.45) is 0 Å². The minimum absolute atomic E-state index is 0.176. The van der Waals surface area contributed by atoms with Crippen molar-refractivity contribution >= 4 is 17.9 Å². The van der Waals surface area contributed by atoms with Crippen LogP contribution < -0.4 is 0 Å². The number of carbonyl (C=O) groups is 3. The molecule has 1 N–H and O–H groups in total. The zero-order valence-electron chi connectivity index (χ0n) is 58.2. The highest BCUT2D eigenvalue weighted by Crippen LogP contribution is 2.19. The summed E-state index contributed by atoms with van der Waals surface area (Å²) in [4.78, 5) is 37.7. The first kappa shape index (κ1) is 84.0. The lowest BCUT2D eigenvalue weighted by Crippen LogP contribution is -2.40. The van der Waals surface area contributed by atoms with Crippen molar-refractivity contribution in [2.45, 2.75) is 373 Å². The highest BCUT2D eigenvalue weighted by Gasteiger charge is 2.25. The van der Waals surface area contributed by atoms with E-state index in [2.05, 4.69) is 74.6 Å². The Morgan fingerprint density at radius 3 is 0.977 bits per heavy atom. The molecule has 0 spiro atoms. The van der Waals surface area contributed by atoms with Crippen LogP contribution in [0.3, 0.4) is 0 Å². The molecule has 0 aromatic rings. The number of carboxylic acids is 1. The van der Waals surface area contributed by atoms with Gasteiger partial charge in [-0.25, -0.2) is 4.79 Å². The second kappa shape index (κ2) is 68.9. The standard InChI is InChI=1S/C78H143NO8/c1-6-8-10-12-14-16-18-20-22-24-26-28-30-32-33-34-35-36-37-38-39-40-41-42-43-45-47-49-51-53-55-57-59-61-63-65-67-69-76(81)87-74(73-86-78(77(82)83)84-71-70-79(3,4)5)72-85-75(80)68-66-64-62-60-58-56-54-52-50-48-46-44-31-29-27-25-23-21-19-17-15-13-11-9-7-2/h8,10,14,16,20,22,26,28,32-33,74,78H,6-7,9,11-13,15,17-19,21,23-25,27,29-31,34-73H2,1-5H3/p+1/b10-8-,16-14-,22-20-,28-26-,33-32-. The normalized spacial score (nSPS) is 13.0. The van der Waals surface area contributed by atoms with Gasteiger partial charge in [0.05, 0.1) is 34.4 Å². The van der Waals surface area contributed by atoms with E-state index in [4.69, 9.17) is 18.9 Å². The number of quaternary nitrogens is 1. The fourth-order valence-corrected chi connectivity index (χ4v) is 11.1. The summed E-state index contributed by atoms with van der Waals surface area (Å²) >= 11 is 0. The van der Waals surface area contributed by atoms with Crippen LogP contribution in [0.15, 0.2) is 60.8 Å². The maximum Gasteiger partial charge on any atom is 0.361 e. The molecular weight excluding hydrogens is 1080 g/mol. The number of esters is 2. The Morgan fingerprint density at radius 1 is 0.356 bits per heavy atom. The molecule has 508 valence electrons. The van der Waals surface area contributed by atoms with Crippen molar-refractivity contribution in [2.75, 3.05) is 47.5 Å². The number of unbranched alkanes of at least 4 members (excludes halogenated alkanes) is 45. The third-order valence-corrected chi connectivity index (χ3v) is 16.8. The lowest BCUT2D eigenvalue weighted by molar-refractivity contribution is -0.870. The highest BCUT2D eigenvalue weighted by atomic mass is 16.7. The molecule has 0 amide bonds. The first-order valence-corrected chi connectivity index (χ1v) is 37.5. The fraction of sp³-hybridized carbons (Fsp3) is 0.833. The van der Waals surface area contributed by atoms with Crippen molar-refractivity contribution in [3.05, 3.63) is 60.8 Å². The molecule has 0 bridgehead atoms. The van der Waals surface area contributed by atoms with Crippen molar-refractivity contribution in [1.82, 2.24) is 0 Å². The van der Waals surface area contributed by atoms with E-state index in [-0.39, 0.29) is 38.2 Å². The Kier molecular flexibility index (Phi) is 66.5. The third-order valence-electron chi connectivity index (χ3n) is 16.8. The molecule has 0 aliphatic heterocycles. The van der Waals surface area contributed by atoms with Gasteiger partial charge in [-0.05, 0) is 57.8 Å². The molecule has 2 unspecified atom stereocenters. The van der Waals surface area contributed by atoms with Gasteiger partial charge in [0.15, 0.2) is 6.10 Å². The lowest BCUT2D eigenvalue weighted by Gasteiger charge is -2.25. The minimum Gasteiger partial charge on any atom is -0.477 e. The van der Waals surface area contributed by atoms with Crippen LogP contribution in [-0.2, 0) is 33.3 Å². The second-order valence-corrected chi connectivity index (χ2v) is 26.6. The topological polar surface area (TPSA) is 108 Å². The number of hydrogen-bond donors (Lipinski definition) is 1. The number of ether oxygens (including phenoxy) is 4. The summed E-state index contributed by atoms with van der Waals surface area (Å²) in [7, 11) is 5.99. The van der Waals surface area contributed by atoms with Gasteiger partial charge in [-0.3, -0.25) is 9.59 Å². The molecule has 0 radical (unpaired) electrons. The van der Waals surface area contributed by atoms with Crippen molar-refractivity contribution < 1.29 is 42.9 Å². The van der Waals surface area contributed by atoms with Crippen LogP contribution in [0.1, 0.15) is 361 Å². The molecule has 0 aromatic carbocycles. The molecule has 0 aliphatic carbocycles. The summed E-state index contributed by atoms with van der Waals surface area (Å²) in [5, 5.41) is 9.76. The maximum absolute atomic E-state index is 13.0. The summed E-state index contributed by atoms with van der Waals surface area (Å²) in [5.74, 6) is -1.97. The molecule has 0 aromatic heterocycles. The van der Waals surface area contributed by atoms with Crippen molar-refractivity contribution in [3.8, 4) is 0 Å². The lowest BCUT2D eigenvalue weighted by atomic mass is 10.0. The molecule has 2 atom stereocenters. The smallest absolute Gasteiger partial charge is 0.361 e. The fourth-order valence-electron chi connectivity index (χ4n) is 11.1. The number of aliphatic carboxylic acids is 1. The van der Waals surface area contributed by atoms with Crippen LogP contribution in [0.2, 0.25) is 0 Å². The van der Waals surface area contributed by atoms with E-state index in [1.165, 1.54) is 263 Å². The van der Waals surface area contributed by atoms with Crippen molar-refractivity contribution in [1.29, 1.82) is 0 Å². The Bertz CT molecular complexity index is 1610. The van der Waals surface area contributed by atoms with Crippen LogP contribution in [0.5, 0.6) is 0 Å². The van der Waals surface area contributed by atoms with Gasteiger partial charge < -0.3 is 28.5 Å². The van der Waals surface area contributed by atoms with E-state index in [1.807, 2.05) is 21.1 Å². The predicted molar refractivity (Wildman–Crippen MR) is 373 cm³/mol. The number of nitrogens with zero attached hydrogens (tertiary/aromatic N) is 1. The number of carboxylic acid groups (broad SMARTS) is 1. The number of allylic oxidation sites excluding steroid dienone is 10. The predicted octanol–water partition coefficient (Wildman–Crippen LogP) is 23.5. The number of likely N-dealkylation sites (N-methyl/N-ethyl adjacent to an activating group) is 1. The van der Waals surface area contributed by atoms with Crippen LogP contribution in [0.25, 0.3) is 0 Å². The third kappa shape index (κ3) is 70.3. The zero-order valence-corrected chi connectivity index (χ0v) is 58.2. The summed E-state index contributed by atoms with van der Waals surface area (Å²) in [5.41, 5.74) is 0. The maximum atomic E-state index is 13.0.